The van der Waals surface area contributed by atoms with Gasteiger partial charge in [-0.3, -0.25) is 4.68 Å². The molecule has 4 nitrogen and oxygen atoms in total. The lowest BCUT2D eigenvalue weighted by Gasteiger charge is -2.08. The van der Waals surface area contributed by atoms with Crippen molar-refractivity contribution in [2.45, 2.75) is 26.3 Å². The molecule has 0 unspecified atom stereocenters. The van der Waals surface area contributed by atoms with Crippen molar-refractivity contribution in [2.24, 2.45) is 0 Å². The van der Waals surface area contributed by atoms with Crippen molar-refractivity contribution < 1.29 is 4.39 Å². The van der Waals surface area contributed by atoms with Gasteiger partial charge in [-0.05, 0) is 46.7 Å². The number of aromatic nitrogens is 2. The van der Waals surface area contributed by atoms with Crippen molar-refractivity contribution in [3.63, 3.8) is 0 Å². The lowest BCUT2D eigenvalue weighted by atomic mass is 10.2. The van der Waals surface area contributed by atoms with Crippen molar-refractivity contribution in [2.75, 3.05) is 11.9 Å². The first-order valence-electron chi connectivity index (χ1n) is 7.22. The number of nitrogens with zero attached hydrogens (tertiary/aromatic N) is 2. The molecule has 0 aliphatic heterocycles. The van der Waals surface area contributed by atoms with Crippen molar-refractivity contribution >= 4 is 50.7 Å². The van der Waals surface area contributed by atoms with E-state index in [1.54, 1.807) is 23.0 Å². The second kappa shape index (κ2) is 8.61. The zero-order valence-corrected chi connectivity index (χ0v) is 15.7. The van der Waals surface area contributed by atoms with E-state index >= 15 is 0 Å². The molecule has 2 N–H and O–H groups in total. The van der Waals surface area contributed by atoms with Crippen LogP contribution in [-0.2, 0) is 6.54 Å². The molecule has 8 heteroatoms. The molecule has 0 aliphatic carbocycles. The number of nitrogens with one attached hydrogen (secondary N) is 2. The van der Waals surface area contributed by atoms with E-state index in [-0.39, 0.29) is 12.4 Å². The van der Waals surface area contributed by atoms with Crippen LogP contribution in [0.15, 0.2) is 28.9 Å². The van der Waals surface area contributed by atoms with E-state index in [9.17, 15) is 4.39 Å². The number of halogens is 3. The van der Waals surface area contributed by atoms with E-state index in [4.69, 9.17) is 23.8 Å². The Balaban J connectivity index is 2.05. The number of benzene rings is 1. The van der Waals surface area contributed by atoms with Gasteiger partial charge in [0.15, 0.2) is 10.9 Å². The van der Waals surface area contributed by atoms with Crippen LogP contribution in [0, 0.1) is 5.82 Å². The molecule has 124 valence electrons. The maximum absolute atomic E-state index is 13.8. The summed E-state index contributed by atoms with van der Waals surface area (Å²) in [5.74, 6) is 0.224. The van der Waals surface area contributed by atoms with Gasteiger partial charge in [0.1, 0.15) is 5.82 Å². The third-order valence-corrected chi connectivity index (χ3v) is 4.33. The molecule has 0 saturated heterocycles. The molecule has 2 aromatic rings. The largest absolute Gasteiger partial charge is 0.362 e. The number of hydrogen-bond donors (Lipinski definition) is 2. The highest BCUT2D eigenvalue weighted by atomic mass is 79.9. The van der Waals surface area contributed by atoms with Gasteiger partial charge >= 0.3 is 0 Å². The second-order valence-electron chi connectivity index (χ2n) is 4.96. The Morgan fingerprint density at radius 3 is 2.96 bits per heavy atom. The van der Waals surface area contributed by atoms with Crippen LogP contribution in [0.25, 0.3) is 0 Å². The standard InChI is InChI=1S/C15H17BrClFN4S/c1-2-3-7-19-15(23)20-14-11(16)9-22(21-14)8-10-12(17)5-4-6-13(10)18/h4-6,9H,2-3,7-8H2,1H3,(H2,19,20,21,23). The molecule has 0 spiro atoms. The normalized spacial score (nSPS) is 10.6. The van der Waals surface area contributed by atoms with Gasteiger partial charge in [0.25, 0.3) is 0 Å². The molecule has 0 saturated carbocycles. The fourth-order valence-corrected chi connectivity index (χ4v) is 2.77. The second-order valence-corrected chi connectivity index (χ2v) is 6.63. The van der Waals surface area contributed by atoms with E-state index in [2.05, 4.69) is 38.6 Å². The Kier molecular flexibility index (Phi) is 6.80. The number of hydrogen-bond acceptors (Lipinski definition) is 2. The maximum Gasteiger partial charge on any atom is 0.172 e. The van der Waals surface area contributed by atoms with Gasteiger partial charge in [-0.2, -0.15) is 5.10 Å². The number of thiocarbonyl (C=S) groups is 1. The first kappa shape index (κ1) is 18.2. The summed E-state index contributed by atoms with van der Waals surface area (Å²) in [6, 6.07) is 4.61. The van der Waals surface area contributed by atoms with Gasteiger partial charge in [-0.25, -0.2) is 4.39 Å². The molecule has 0 radical (unpaired) electrons. The summed E-state index contributed by atoms with van der Waals surface area (Å²) < 4.78 is 16.2. The lowest BCUT2D eigenvalue weighted by Crippen LogP contribution is -2.29. The Hall–Kier alpha value is -1.18. The molecule has 1 aromatic heterocycles. The quantitative estimate of drug-likeness (QED) is 0.531. The summed E-state index contributed by atoms with van der Waals surface area (Å²) in [5.41, 5.74) is 0.402. The highest BCUT2D eigenvalue weighted by Gasteiger charge is 2.12. The lowest BCUT2D eigenvalue weighted by molar-refractivity contribution is 0.586. The Bertz CT molecular complexity index is 672. The zero-order valence-electron chi connectivity index (χ0n) is 12.6. The highest BCUT2D eigenvalue weighted by molar-refractivity contribution is 9.10. The van der Waals surface area contributed by atoms with Crippen LogP contribution in [0.5, 0.6) is 0 Å². The summed E-state index contributed by atoms with van der Waals surface area (Å²) in [6.07, 6.45) is 3.89. The highest BCUT2D eigenvalue weighted by Crippen LogP contribution is 2.24. The molecule has 23 heavy (non-hydrogen) atoms. The Morgan fingerprint density at radius 1 is 1.48 bits per heavy atom. The molecule has 0 amide bonds. The molecular weight excluding hydrogens is 403 g/mol. The molecule has 2 rings (SSSR count). The minimum atomic E-state index is -0.351. The van der Waals surface area contributed by atoms with Crippen molar-refractivity contribution in [3.05, 3.63) is 45.3 Å². The number of rotatable bonds is 6. The van der Waals surface area contributed by atoms with Crippen LogP contribution in [0.1, 0.15) is 25.3 Å². The summed E-state index contributed by atoms with van der Waals surface area (Å²) in [4.78, 5) is 0. The van der Waals surface area contributed by atoms with Crippen LogP contribution in [0.3, 0.4) is 0 Å². The maximum atomic E-state index is 13.8. The zero-order chi connectivity index (χ0) is 16.8. The third-order valence-electron chi connectivity index (χ3n) is 3.15. The van der Waals surface area contributed by atoms with Crippen molar-refractivity contribution in [1.82, 2.24) is 15.1 Å². The first-order chi connectivity index (χ1) is 11.0. The summed E-state index contributed by atoms with van der Waals surface area (Å²) in [6.45, 7) is 3.16. The fourth-order valence-electron chi connectivity index (χ4n) is 1.94. The predicted molar refractivity (Wildman–Crippen MR) is 99.6 cm³/mol. The van der Waals surface area contributed by atoms with Crippen LogP contribution >= 0.6 is 39.7 Å². The third kappa shape index (κ3) is 5.16. The van der Waals surface area contributed by atoms with Crippen molar-refractivity contribution in [1.29, 1.82) is 0 Å². The minimum absolute atomic E-state index is 0.238. The predicted octanol–water partition coefficient (Wildman–Crippen LogP) is 4.57. The van der Waals surface area contributed by atoms with Crippen LogP contribution in [0.4, 0.5) is 10.2 Å². The average Bonchev–Trinajstić information content (AvgIpc) is 2.83. The average molecular weight is 420 g/mol. The minimum Gasteiger partial charge on any atom is -0.362 e. The van der Waals surface area contributed by atoms with Crippen LogP contribution in [0.2, 0.25) is 5.02 Å². The monoisotopic (exact) mass is 418 g/mol. The molecule has 0 aliphatic rings. The molecule has 0 bridgehead atoms. The fraction of sp³-hybridized carbons (Fsp3) is 0.333. The Labute approximate surface area is 153 Å². The SMILES string of the molecule is CCCCNC(=S)Nc1nn(Cc2c(F)cccc2Cl)cc1Br. The molecule has 1 heterocycles. The van der Waals surface area contributed by atoms with E-state index in [1.807, 2.05) is 0 Å². The van der Waals surface area contributed by atoms with Gasteiger partial charge in [0, 0.05) is 23.3 Å². The summed E-state index contributed by atoms with van der Waals surface area (Å²) >= 11 is 14.7. The van der Waals surface area contributed by atoms with Gasteiger partial charge in [0.05, 0.1) is 11.0 Å². The first-order valence-corrected chi connectivity index (χ1v) is 8.80. The van der Waals surface area contributed by atoms with Crippen molar-refractivity contribution in [3.8, 4) is 0 Å². The van der Waals surface area contributed by atoms with Crippen LogP contribution < -0.4 is 10.6 Å². The van der Waals surface area contributed by atoms with Gasteiger partial charge in [-0.1, -0.05) is 31.0 Å². The molecule has 1 aromatic carbocycles. The summed E-state index contributed by atoms with van der Waals surface area (Å²) in [7, 11) is 0. The van der Waals surface area contributed by atoms with E-state index in [1.165, 1.54) is 6.07 Å². The number of anilines is 1. The van der Waals surface area contributed by atoms with E-state index in [0.29, 0.717) is 21.5 Å². The topological polar surface area (TPSA) is 41.9 Å². The van der Waals surface area contributed by atoms with E-state index in [0.717, 1.165) is 23.9 Å². The number of unbranched alkanes of at least 4 members (excludes halogenated alkanes) is 1. The smallest absolute Gasteiger partial charge is 0.172 e. The Morgan fingerprint density at radius 2 is 2.26 bits per heavy atom. The van der Waals surface area contributed by atoms with Gasteiger partial charge in [0.2, 0.25) is 0 Å². The molecule has 0 atom stereocenters. The summed E-state index contributed by atoms with van der Waals surface area (Å²) in [5, 5.41) is 11.4. The molecule has 0 fully saturated rings. The molecular formula is C15H17BrClFN4S. The van der Waals surface area contributed by atoms with E-state index < -0.39 is 0 Å². The van der Waals surface area contributed by atoms with Gasteiger partial charge < -0.3 is 10.6 Å². The van der Waals surface area contributed by atoms with Crippen LogP contribution in [-0.4, -0.2) is 21.4 Å². The van der Waals surface area contributed by atoms with Gasteiger partial charge in [-0.15, -0.1) is 0 Å².